The van der Waals surface area contributed by atoms with Crippen LogP contribution in [-0.2, 0) is 9.59 Å². The molecular formula is C21H30N4O2. The number of fused-ring (bicyclic) bond motifs is 1. The van der Waals surface area contributed by atoms with E-state index in [1.54, 1.807) is 0 Å². The lowest BCUT2D eigenvalue weighted by atomic mass is 9.86. The van der Waals surface area contributed by atoms with E-state index in [1.165, 1.54) is 19.3 Å². The predicted octanol–water partition coefficient (Wildman–Crippen LogP) is 4.00. The topological polar surface area (TPSA) is 86.9 Å². The summed E-state index contributed by atoms with van der Waals surface area (Å²) in [6.45, 7) is 4.10. The molecule has 1 atom stereocenters. The number of hydrogen-bond acceptors (Lipinski definition) is 3. The number of nitrogens with zero attached hydrogens (tertiary/aromatic N) is 1. The maximum absolute atomic E-state index is 12.8. The number of hydrogen-bond donors (Lipinski definition) is 3. The van der Waals surface area contributed by atoms with Gasteiger partial charge in [-0.25, -0.2) is 4.98 Å². The van der Waals surface area contributed by atoms with Crippen LogP contribution in [0.25, 0.3) is 11.0 Å². The third-order valence-electron chi connectivity index (χ3n) is 5.19. The van der Waals surface area contributed by atoms with Crippen LogP contribution in [0.4, 0.5) is 5.95 Å². The first kappa shape index (κ1) is 19.4. The van der Waals surface area contributed by atoms with Crippen molar-refractivity contribution in [3.05, 3.63) is 24.3 Å². The first-order chi connectivity index (χ1) is 13.0. The normalized spacial score (nSPS) is 16.4. The van der Waals surface area contributed by atoms with E-state index >= 15 is 0 Å². The molecular weight excluding hydrogens is 340 g/mol. The van der Waals surface area contributed by atoms with Crippen LogP contribution in [0, 0.1) is 11.8 Å². The van der Waals surface area contributed by atoms with Crippen LogP contribution in [0.5, 0.6) is 0 Å². The molecule has 0 spiro atoms. The van der Waals surface area contributed by atoms with Gasteiger partial charge in [0, 0.05) is 6.42 Å². The zero-order chi connectivity index (χ0) is 19.2. The monoisotopic (exact) mass is 370 g/mol. The molecule has 2 amide bonds. The molecule has 0 unspecified atom stereocenters. The second-order valence-corrected chi connectivity index (χ2v) is 8.05. The highest BCUT2D eigenvalue weighted by atomic mass is 16.2. The molecule has 1 aromatic carbocycles. The molecule has 1 saturated carbocycles. The van der Waals surface area contributed by atoms with Gasteiger partial charge in [0.2, 0.25) is 17.8 Å². The van der Waals surface area contributed by atoms with Crippen molar-refractivity contribution in [1.29, 1.82) is 0 Å². The minimum absolute atomic E-state index is 0.0210. The molecule has 6 heteroatoms. The van der Waals surface area contributed by atoms with Gasteiger partial charge in [-0.05, 0) is 43.2 Å². The molecule has 1 fully saturated rings. The molecule has 0 radical (unpaired) electrons. The Hall–Kier alpha value is -2.37. The number of H-pyrrole nitrogens is 1. The largest absolute Gasteiger partial charge is 0.344 e. The maximum atomic E-state index is 12.8. The summed E-state index contributed by atoms with van der Waals surface area (Å²) in [5, 5.41) is 5.78. The fourth-order valence-electron chi connectivity index (χ4n) is 3.83. The van der Waals surface area contributed by atoms with E-state index in [-0.39, 0.29) is 11.8 Å². The van der Waals surface area contributed by atoms with Crippen LogP contribution in [0.2, 0.25) is 0 Å². The van der Waals surface area contributed by atoms with Crippen molar-refractivity contribution in [2.75, 3.05) is 5.32 Å². The minimum Gasteiger partial charge on any atom is -0.344 e. The fraction of sp³-hybridized carbons (Fsp3) is 0.571. The van der Waals surface area contributed by atoms with E-state index in [0.717, 1.165) is 23.9 Å². The number of amides is 2. The highest BCUT2D eigenvalue weighted by molar-refractivity contribution is 5.97. The minimum atomic E-state index is -0.547. The van der Waals surface area contributed by atoms with Crippen LogP contribution >= 0.6 is 0 Å². The van der Waals surface area contributed by atoms with Gasteiger partial charge < -0.3 is 10.3 Å². The molecule has 1 aliphatic carbocycles. The number of carbonyl (C=O) groups excluding carboxylic acids is 2. The molecule has 27 heavy (non-hydrogen) atoms. The van der Waals surface area contributed by atoms with E-state index in [1.807, 2.05) is 24.3 Å². The molecule has 146 valence electrons. The van der Waals surface area contributed by atoms with Crippen molar-refractivity contribution in [3.8, 4) is 0 Å². The number of carbonyl (C=O) groups is 2. The Morgan fingerprint density at radius 3 is 2.63 bits per heavy atom. The van der Waals surface area contributed by atoms with Crippen molar-refractivity contribution in [1.82, 2.24) is 15.3 Å². The van der Waals surface area contributed by atoms with Crippen molar-refractivity contribution in [3.63, 3.8) is 0 Å². The van der Waals surface area contributed by atoms with Crippen LogP contribution in [-0.4, -0.2) is 27.8 Å². The first-order valence-electron chi connectivity index (χ1n) is 10.1. The summed E-state index contributed by atoms with van der Waals surface area (Å²) in [5.74, 6) is 0.923. The molecule has 3 N–H and O–H groups in total. The van der Waals surface area contributed by atoms with Gasteiger partial charge in [-0.15, -0.1) is 0 Å². The number of anilines is 1. The van der Waals surface area contributed by atoms with Crippen LogP contribution < -0.4 is 10.6 Å². The number of para-hydroxylation sites is 2. The van der Waals surface area contributed by atoms with Crippen molar-refractivity contribution >= 4 is 28.8 Å². The number of imidazole rings is 1. The van der Waals surface area contributed by atoms with Gasteiger partial charge in [-0.2, -0.15) is 0 Å². The van der Waals surface area contributed by atoms with E-state index in [2.05, 4.69) is 34.4 Å². The van der Waals surface area contributed by atoms with Gasteiger partial charge in [0.1, 0.15) is 6.04 Å². The summed E-state index contributed by atoms with van der Waals surface area (Å²) in [7, 11) is 0. The summed E-state index contributed by atoms with van der Waals surface area (Å²) in [6, 6.07) is 7.07. The maximum Gasteiger partial charge on any atom is 0.249 e. The molecule has 0 saturated heterocycles. The zero-order valence-corrected chi connectivity index (χ0v) is 16.3. The van der Waals surface area contributed by atoms with Crippen molar-refractivity contribution in [2.24, 2.45) is 11.8 Å². The molecule has 2 aromatic rings. The third kappa shape index (κ3) is 5.55. The molecule has 1 aromatic heterocycles. The van der Waals surface area contributed by atoms with E-state index in [0.29, 0.717) is 30.6 Å². The number of aromatic amines is 1. The number of benzene rings is 1. The Morgan fingerprint density at radius 2 is 1.93 bits per heavy atom. The van der Waals surface area contributed by atoms with Crippen LogP contribution in [0.1, 0.15) is 58.8 Å². The Kier molecular flexibility index (Phi) is 6.48. The number of rotatable bonds is 7. The third-order valence-corrected chi connectivity index (χ3v) is 5.19. The molecule has 6 nitrogen and oxygen atoms in total. The van der Waals surface area contributed by atoms with Gasteiger partial charge in [0.25, 0.3) is 0 Å². The summed E-state index contributed by atoms with van der Waals surface area (Å²) >= 11 is 0. The quantitative estimate of drug-likeness (QED) is 0.688. The van der Waals surface area contributed by atoms with Gasteiger partial charge in [0.15, 0.2) is 0 Å². The molecule has 1 heterocycles. The fourth-order valence-corrected chi connectivity index (χ4v) is 3.83. The molecule has 1 aliphatic rings. The van der Waals surface area contributed by atoms with E-state index in [4.69, 9.17) is 0 Å². The van der Waals surface area contributed by atoms with Crippen LogP contribution in [0.15, 0.2) is 24.3 Å². The summed E-state index contributed by atoms with van der Waals surface area (Å²) in [4.78, 5) is 32.7. The summed E-state index contributed by atoms with van der Waals surface area (Å²) in [6.07, 6.45) is 7.05. The van der Waals surface area contributed by atoms with Gasteiger partial charge in [0.05, 0.1) is 11.0 Å². The van der Waals surface area contributed by atoms with Gasteiger partial charge in [-0.1, -0.05) is 45.2 Å². The second-order valence-electron chi connectivity index (χ2n) is 8.05. The Morgan fingerprint density at radius 1 is 1.19 bits per heavy atom. The Labute approximate surface area is 160 Å². The molecule has 3 rings (SSSR count). The molecule has 0 bridgehead atoms. The SMILES string of the molecule is CC(C)C[C@@H](NC(=O)CC1CCCCC1)C(=O)Nc1nc2ccccc2[nH]1. The van der Waals surface area contributed by atoms with Gasteiger partial charge >= 0.3 is 0 Å². The Bertz CT molecular complexity index is 744. The highest BCUT2D eigenvalue weighted by Crippen LogP contribution is 2.26. The zero-order valence-electron chi connectivity index (χ0n) is 16.3. The lowest BCUT2D eigenvalue weighted by Gasteiger charge is -2.23. The Balaban J connectivity index is 1.61. The second kappa shape index (κ2) is 9.02. The van der Waals surface area contributed by atoms with Gasteiger partial charge in [-0.3, -0.25) is 14.9 Å². The lowest BCUT2D eigenvalue weighted by molar-refractivity contribution is -0.127. The predicted molar refractivity (Wildman–Crippen MR) is 107 cm³/mol. The summed E-state index contributed by atoms with van der Waals surface area (Å²) < 4.78 is 0. The van der Waals surface area contributed by atoms with E-state index in [9.17, 15) is 9.59 Å². The lowest BCUT2D eigenvalue weighted by Crippen LogP contribution is -2.45. The number of nitrogens with one attached hydrogen (secondary N) is 3. The van der Waals surface area contributed by atoms with E-state index < -0.39 is 6.04 Å². The smallest absolute Gasteiger partial charge is 0.249 e. The number of aromatic nitrogens is 2. The van der Waals surface area contributed by atoms with Crippen LogP contribution in [0.3, 0.4) is 0 Å². The average Bonchev–Trinajstić information content (AvgIpc) is 3.03. The first-order valence-corrected chi connectivity index (χ1v) is 10.1. The molecule has 0 aliphatic heterocycles. The highest BCUT2D eigenvalue weighted by Gasteiger charge is 2.25. The summed E-state index contributed by atoms with van der Waals surface area (Å²) in [5.41, 5.74) is 1.67. The van der Waals surface area contributed by atoms with Crippen molar-refractivity contribution in [2.45, 2.75) is 64.8 Å². The van der Waals surface area contributed by atoms with Crippen molar-refractivity contribution < 1.29 is 9.59 Å². The standard InChI is InChI=1S/C21H30N4O2/c1-14(2)12-18(22-19(26)13-15-8-4-3-5-9-15)20(27)25-21-23-16-10-6-7-11-17(16)24-21/h6-7,10-11,14-15,18H,3-5,8-9,12-13H2,1-2H3,(H,22,26)(H2,23,24,25,27)/t18-/m1/s1. The average molecular weight is 370 g/mol.